The Balaban J connectivity index is 2.91. The van der Waals surface area contributed by atoms with Crippen molar-refractivity contribution in [2.45, 2.75) is 58.5 Å². The van der Waals surface area contributed by atoms with Crippen LogP contribution in [0.2, 0.25) is 39.3 Å². The fraction of sp³-hybridized carbons (Fsp3) is 0.786. The van der Waals surface area contributed by atoms with Gasteiger partial charge in [0.2, 0.25) is 0 Å². The molecule has 0 aromatic rings. The van der Waals surface area contributed by atoms with Gasteiger partial charge in [-0.2, -0.15) is 10.2 Å². The molecule has 0 spiro atoms. The predicted molar refractivity (Wildman–Crippen MR) is 95.9 cm³/mol. The van der Waals surface area contributed by atoms with Crippen molar-refractivity contribution in [1.29, 1.82) is 0 Å². The summed E-state index contributed by atoms with van der Waals surface area (Å²) in [5, 5.41) is 9.36. The van der Waals surface area contributed by atoms with E-state index in [0.717, 1.165) is 17.8 Å². The van der Waals surface area contributed by atoms with Crippen molar-refractivity contribution in [2.24, 2.45) is 10.2 Å². The second-order valence-electron chi connectivity index (χ2n) is 7.79. The molecule has 0 aliphatic heterocycles. The van der Waals surface area contributed by atoms with E-state index in [1.807, 2.05) is 14.1 Å². The number of Topliss-reactive ketones (excluding diaryl/α,β-unsaturated/α-hetero) is 1. The molecule has 1 rings (SSSR count). The summed E-state index contributed by atoms with van der Waals surface area (Å²) < 4.78 is 4.14. The minimum atomic E-state index is -1.46. The van der Waals surface area contributed by atoms with E-state index in [-0.39, 0.29) is 5.78 Å². The summed E-state index contributed by atoms with van der Waals surface area (Å²) in [5.41, 5.74) is 1.91. The smallest absolute Gasteiger partial charge is 0.168 e. The van der Waals surface area contributed by atoms with Gasteiger partial charge in [-0.1, -0.05) is 39.3 Å². The van der Waals surface area contributed by atoms with E-state index in [1.54, 1.807) is 0 Å². The lowest BCUT2D eigenvalue weighted by Crippen LogP contribution is -2.42. The van der Waals surface area contributed by atoms with Gasteiger partial charge in [0.1, 0.15) is 5.78 Å². The zero-order valence-corrected chi connectivity index (χ0v) is 16.8. The van der Waals surface area contributed by atoms with Gasteiger partial charge in [0, 0.05) is 33.4 Å². The molecule has 1 fully saturated rings. The number of hydrogen-bond acceptors (Lipinski definition) is 5. The van der Waals surface area contributed by atoms with Gasteiger partial charge in [-0.25, -0.2) is 0 Å². The molecular weight excluding hydrogens is 296 g/mol. The molecule has 120 valence electrons. The monoisotopic (exact) mass is 326 g/mol. The predicted octanol–water partition coefficient (Wildman–Crippen LogP) is 2.98. The molecule has 0 bridgehead atoms. The second kappa shape index (κ2) is 6.43. The Morgan fingerprint density at radius 2 is 1.10 bits per heavy atom. The van der Waals surface area contributed by atoms with Gasteiger partial charge in [0.15, 0.2) is 16.5 Å². The quantitative estimate of drug-likeness (QED) is 0.589. The van der Waals surface area contributed by atoms with E-state index in [0.29, 0.717) is 12.8 Å². The van der Waals surface area contributed by atoms with Crippen molar-refractivity contribution in [3.05, 3.63) is 0 Å². The molecule has 7 heteroatoms. The molecule has 0 aromatic carbocycles. The average molecular weight is 327 g/mol. The maximum atomic E-state index is 12.0. The van der Waals surface area contributed by atoms with Gasteiger partial charge in [-0.3, -0.25) is 4.79 Å². The van der Waals surface area contributed by atoms with Crippen molar-refractivity contribution < 1.29 is 4.79 Å². The van der Waals surface area contributed by atoms with Crippen molar-refractivity contribution in [3.8, 4) is 0 Å². The highest BCUT2D eigenvalue weighted by Crippen LogP contribution is 2.16. The lowest BCUT2D eigenvalue weighted by molar-refractivity contribution is -0.117. The third-order valence-electron chi connectivity index (χ3n) is 3.74. The molecule has 1 aliphatic carbocycles. The number of rotatable bonds is 4. The SMILES string of the molecule is CN(/N=C1\CC(=O)C/C(=N/N(C)[Si](C)(C)C)C1)[Si](C)(C)C. The summed E-state index contributed by atoms with van der Waals surface area (Å²) in [6.07, 6.45) is 1.68. The Kier molecular flexibility index (Phi) is 5.54. The Hall–Kier alpha value is -0.956. The number of carbonyl (C=O) groups is 1. The van der Waals surface area contributed by atoms with Crippen LogP contribution >= 0.6 is 0 Å². The summed E-state index contributed by atoms with van der Waals surface area (Å²) in [5.74, 6) is 0.228. The first-order valence-electron chi connectivity index (χ1n) is 7.51. The van der Waals surface area contributed by atoms with Gasteiger partial charge in [-0.15, -0.1) is 0 Å². The van der Waals surface area contributed by atoms with Crippen LogP contribution in [0.5, 0.6) is 0 Å². The molecular formula is C14H30N4OSi2. The van der Waals surface area contributed by atoms with E-state index in [2.05, 4.69) is 58.8 Å². The minimum Gasteiger partial charge on any atom is -0.328 e. The van der Waals surface area contributed by atoms with Crippen LogP contribution in [0, 0.1) is 0 Å². The minimum absolute atomic E-state index is 0.228. The molecule has 1 saturated carbocycles. The Morgan fingerprint density at radius 1 is 0.762 bits per heavy atom. The average Bonchev–Trinajstić information content (AvgIpc) is 2.25. The van der Waals surface area contributed by atoms with Crippen LogP contribution in [0.1, 0.15) is 19.3 Å². The summed E-state index contributed by atoms with van der Waals surface area (Å²) in [4.78, 5) is 12.0. The number of hydrazone groups is 2. The molecule has 5 nitrogen and oxygen atoms in total. The Bertz CT molecular complexity index is 421. The first-order valence-corrected chi connectivity index (χ1v) is 14.4. The highest BCUT2D eigenvalue weighted by Gasteiger charge is 2.26. The van der Waals surface area contributed by atoms with E-state index < -0.39 is 16.5 Å². The van der Waals surface area contributed by atoms with Crippen molar-refractivity contribution in [1.82, 2.24) is 9.35 Å². The Morgan fingerprint density at radius 3 is 1.38 bits per heavy atom. The number of carbonyl (C=O) groups excluding carboxylic acids is 1. The van der Waals surface area contributed by atoms with Crippen LogP contribution in [0.3, 0.4) is 0 Å². The van der Waals surface area contributed by atoms with Gasteiger partial charge in [0.25, 0.3) is 0 Å². The van der Waals surface area contributed by atoms with E-state index in [4.69, 9.17) is 0 Å². The number of nitrogens with zero attached hydrogens (tertiary/aromatic N) is 4. The molecule has 0 radical (unpaired) electrons. The third kappa shape index (κ3) is 5.74. The number of hydrogen-bond donors (Lipinski definition) is 0. The Labute approximate surface area is 131 Å². The largest absolute Gasteiger partial charge is 0.328 e. The van der Waals surface area contributed by atoms with Crippen LogP contribution < -0.4 is 0 Å². The topological polar surface area (TPSA) is 48.3 Å². The van der Waals surface area contributed by atoms with E-state index >= 15 is 0 Å². The molecule has 21 heavy (non-hydrogen) atoms. The zero-order valence-electron chi connectivity index (χ0n) is 14.8. The summed E-state index contributed by atoms with van der Waals surface area (Å²) in [7, 11) is 1.12. The maximum absolute atomic E-state index is 12.0. The van der Waals surface area contributed by atoms with Crippen LogP contribution in [-0.4, -0.2) is 57.1 Å². The molecule has 0 amide bonds. The highest BCUT2D eigenvalue weighted by atomic mass is 28.3. The lowest BCUT2D eigenvalue weighted by Gasteiger charge is -2.30. The molecule has 0 heterocycles. The standard InChI is InChI=1S/C14H30N4OSi2/c1-17(20(3,4)5)15-12-9-13(11-14(19)10-12)16-18(2)21(6,7)8/h9-11H2,1-8H3/b15-12-,16-13+. The molecule has 0 N–H and O–H groups in total. The van der Waals surface area contributed by atoms with Crippen molar-refractivity contribution in [3.63, 3.8) is 0 Å². The summed E-state index contributed by atoms with van der Waals surface area (Å²) >= 11 is 0. The van der Waals surface area contributed by atoms with Crippen LogP contribution in [0.4, 0.5) is 0 Å². The first kappa shape index (κ1) is 18.1. The van der Waals surface area contributed by atoms with Crippen LogP contribution in [0.25, 0.3) is 0 Å². The van der Waals surface area contributed by atoms with Crippen LogP contribution in [-0.2, 0) is 4.79 Å². The number of ketones is 1. The molecule has 0 atom stereocenters. The first-order chi connectivity index (χ1) is 9.39. The van der Waals surface area contributed by atoms with E-state index in [9.17, 15) is 4.79 Å². The van der Waals surface area contributed by atoms with Crippen LogP contribution in [0.15, 0.2) is 10.2 Å². The molecule has 0 aromatic heterocycles. The third-order valence-corrected chi connectivity index (χ3v) is 7.82. The summed E-state index contributed by atoms with van der Waals surface area (Å²) in [6.45, 7) is 13.5. The lowest BCUT2D eigenvalue weighted by atomic mass is 9.95. The molecule has 1 aliphatic rings. The van der Waals surface area contributed by atoms with Crippen molar-refractivity contribution in [2.75, 3.05) is 14.1 Å². The normalized spacial score (nSPS) is 21.0. The fourth-order valence-electron chi connectivity index (χ4n) is 1.74. The van der Waals surface area contributed by atoms with Gasteiger partial charge in [0.05, 0.1) is 11.4 Å². The fourth-order valence-corrected chi connectivity index (χ4v) is 2.63. The van der Waals surface area contributed by atoms with E-state index in [1.165, 1.54) is 0 Å². The zero-order chi connectivity index (χ0) is 16.4. The molecule has 0 unspecified atom stereocenters. The van der Waals surface area contributed by atoms with Crippen molar-refractivity contribution >= 4 is 33.7 Å². The maximum Gasteiger partial charge on any atom is 0.168 e. The summed E-state index contributed by atoms with van der Waals surface area (Å²) in [6, 6.07) is 0. The van der Waals surface area contributed by atoms with Gasteiger partial charge >= 0.3 is 0 Å². The highest BCUT2D eigenvalue weighted by molar-refractivity contribution is 6.73. The molecule has 0 saturated heterocycles. The van der Waals surface area contributed by atoms with Gasteiger partial charge < -0.3 is 9.35 Å². The second-order valence-corrected chi connectivity index (χ2v) is 17.8. The van der Waals surface area contributed by atoms with Gasteiger partial charge in [-0.05, 0) is 0 Å².